The predicted octanol–water partition coefficient (Wildman–Crippen LogP) is 5.55. The number of nitrogens with zero attached hydrogens (tertiary/aromatic N) is 2. The molecule has 1 fully saturated rings. The van der Waals surface area contributed by atoms with E-state index in [1.807, 2.05) is 0 Å². The molecule has 9 heteroatoms. The van der Waals surface area contributed by atoms with E-state index in [0.29, 0.717) is 22.4 Å². The van der Waals surface area contributed by atoms with E-state index in [2.05, 4.69) is 0 Å². The summed E-state index contributed by atoms with van der Waals surface area (Å²) in [6, 6.07) is 19.0. The maximum absolute atomic E-state index is 13.8. The SMILES string of the molecule is O=C1S/C(=C/c2cccc(OCc3ccccc3F)c2)C(=O)N1Cc1cccc([N+](=O)[O-])c1. The van der Waals surface area contributed by atoms with E-state index in [9.17, 15) is 24.1 Å². The summed E-state index contributed by atoms with van der Waals surface area (Å²) >= 11 is 0.799. The number of rotatable bonds is 7. The molecule has 0 bridgehead atoms. The Morgan fingerprint density at radius 2 is 1.82 bits per heavy atom. The van der Waals surface area contributed by atoms with Gasteiger partial charge in [0.05, 0.1) is 16.4 Å². The van der Waals surface area contributed by atoms with Gasteiger partial charge >= 0.3 is 0 Å². The lowest BCUT2D eigenvalue weighted by Crippen LogP contribution is -2.27. The molecule has 0 N–H and O–H groups in total. The van der Waals surface area contributed by atoms with Crippen LogP contribution in [0.5, 0.6) is 5.75 Å². The first kappa shape index (κ1) is 22.2. The van der Waals surface area contributed by atoms with Gasteiger partial charge < -0.3 is 4.74 Å². The number of hydrogen-bond acceptors (Lipinski definition) is 6. The molecule has 0 unspecified atom stereocenters. The first-order valence-electron chi connectivity index (χ1n) is 9.86. The average Bonchev–Trinajstić information content (AvgIpc) is 3.06. The highest BCUT2D eigenvalue weighted by molar-refractivity contribution is 8.18. The van der Waals surface area contributed by atoms with Crippen LogP contribution < -0.4 is 4.74 Å². The van der Waals surface area contributed by atoms with Gasteiger partial charge in [0.2, 0.25) is 0 Å². The summed E-state index contributed by atoms with van der Waals surface area (Å²) in [6.45, 7) is -0.00860. The lowest BCUT2D eigenvalue weighted by Gasteiger charge is -2.12. The van der Waals surface area contributed by atoms with Crippen molar-refractivity contribution in [2.75, 3.05) is 0 Å². The summed E-state index contributed by atoms with van der Waals surface area (Å²) in [6.07, 6.45) is 1.58. The topological polar surface area (TPSA) is 89.8 Å². The van der Waals surface area contributed by atoms with Crippen LogP contribution in [0.3, 0.4) is 0 Å². The van der Waals surface area contributed by atoms with E-state index < -0.39 is 16.1 Å². The third-order valence-electron chi connectivity index (χ3n) is 4.84. The van der Waals surface area contributed by atoms with Crippen molar-refractivity contribution in [2.45, 2.75) is 13.2 Å². The summed E-state index contributed by atoms with van der Waals surface area (Å²) in [7, 11) is 0. The van der Waals surface area contributed by atoms with Gasteiger partial charge in [-0.25, -0.2) is 4.39 Å². The highest BCUT2D eigenvalue weighted by Crippen LogP contribution is 2.34. The molecule has 0 aliphatic carbocycles. The number of hydrogen-bond donors (Lipinski definition) is 0. The van der Waals surface area contributed by atoms with Gasteiger partial charge in [-0.1, -0.05) is 42.5 Å². The number of carbonyl (C=O) groups is 2. The van der Waals surface area contributed by atoms with Crippen molar-refractivity contribution in [2.24, 2.45) is 0 Å². The molecule has 1 aliphatic heterocycles. The van der Waals surface area contributed by atoms with Crippen LogP contribution in [0, 0.1) is 15.9 Å². The second kappa shape index (κ2) is 9.66. The van der Waals surface area contributed by atoms with Gasteiger partial charge in [-0.2, -0.15) is 0 Å². The molecule has 33 heavy (non-hydrogen) atoms. The molecule has 1 saturated heterocycles. The van der Waals surface area contributed by atoms with Crippen molar-refractivity contribution in [3.8, 4) is 5.75 Å². The Hall–Kier alpha value is -3.98. The minimum atomic E-state index is -0.529. The van der Waals surface area contributed by atoms with Crippen molar-refractivity contribution < 1.29 is 23.6 Å². The van der Waals surface area contributed by atoms with Gasteiger partial charge in [0, 0.05) is 17.7 Å². The number of amides is 2. The number of nitro groups is 1. The number of non-ortho nitro benzene ring substituents is 1. The molecule has 3 aromatic rings. The van der Waals surface area contributed by atoms with Crippen molar-refractivity contribution in [1.29, 1.82) is 0 Å². The van der Waals surface area contributed by atoms with Crippen molar-refractivity contribution in [3.05, 3.63) is 110 Å². The van der Waals surface area contributed by atoms with E-state index >= 15 is 0 Å². The van der Waals surface area contributed by atoms with Gasteiger partial charge in [0.1, 0.15) is 18.2 Å². The Balaban J connectivity index is 1.47. The molecule has 4 rings (SSSR count). The van der Waals surface area contributed by atoms with Crippen LogP contribution in [-0.4, -0.2) is 21.0 Å². The summed E-state index contributed by atoms with van der Waals surface area (Å²) in [5.74, 6) is -0.344. The van der Waals surface area contributed by atoms with E-state index in [1.165, 1.54) is 24.3 Å². The van der Waals surface area contributed by atoms with E-state index in [4.69, 9.17) is 4.74 Å². The number of imide groups is 1. The van der Waals surface area contributed by atoms with Crippen LogP contribution in [0.1, 0.15) is 16.7 Å². The van der Waals surface area contributed by atoms with Crippen LogP contribution in [-0.2, 0) is 17.9 Å². The number of carbonyl (C=O) groups excluding carboxylic acids is 2. The lowest BCUT2D eigenvalue weighted by atomic mass is 10.1. The fourth-order valence-electron chi connectivity index (χ4n) is 3.21. The molecule has 0 radical (unpaired) electrons. The van der Waals surface area contributed by atoms with E-state index in [0.717, 1.165) is 16.7 Å². The van der Waals surface area contributed by atoms with Crippen LogP contribution in [0.25, 0.3) is 6.08 Å². The molecule has 1 aliphatic rings. The third-order valence-corrected chi connectivity index (χ3v) is 5.75. The highest BCUT2D eigenvalue weighted by Gasteiger charge is 2.35. The molecule has 0 saturated carbocycles. The van der Waals surface area contributed by atoms with Gasteiger partial charge in [-0.05, 0) is 47.2 Å². The highest BCUT2D eigenvalue weighted by atomic mass is 32.2. The van der Waals surface area contributed by atoms with Gasteiger partial charge in [0.15, 0.2) is 0 Å². The smallest absolute Gasteiger partial charge is 0.293 e. The quantitative estimate of drug-likeness (QED) is 0.259. The monoisotopic (exact) mass is 464 g/mol. The van der Waals surface area contributed by atoms with E-state index in [1.54, 1.807) is 54.6 Å². The van der Waals surface area contributed by atoms with Crippen LogP contribution in [0.4, 0.5) is 14.9 Å². The van der Waals surface area contributed by atoms with Gasteiger partial charge in [0.25, 0.3) is 16.8 Å². The normalized spacial score (nSPS) is 14.7. The fraction of sp³-hybridized carbons (Fsp3) is 0.0833. The summed E-state index contributed by atoms with van der Waals surface area (Å²) in [5, 5.41) is 10.5. The zero-order valence-electron chi connectivity index (χ0n) is 17.1. The summed E-state index contributed by atoms with van der Waals surface area (Å²) < 4.78 is 19.4. The zero-order chi connectivity index (χ0) is 23.4. The second-order valence-corrected chi connectivity index (χ2v) is 8.14. The molecular formula is C24H17FN2O5S. The molecule has 7 nitrogen and oxygen atoms in total. The lowest BCUT2D eigenvalue weighted by molar-refractivity contribution is -0.384. The maximum atomic E-state index is 13.8. The molecule has 3 aromatic carbocycles. The average molecular weight is 464 g/mol. The molecule has 0 spiro atoms. The Kier molecular flexibility index (Phi) is 6.50. The summed E-state index contributed by atoms with van der Waals surface area (Å²) in [5.41, 5.74) is 1.44. The van der Waals surface area contributed by atoms with Crippen molar-refractivity contribution in [1.82, 2.24) is 4.90 Å². The Morgan fingerprint density at radius 1 is 1.03 bits per heavy atom. The molecule has 2 amide bonds. The Bertz CT molecular complexity index is 1280. The number of halogens is 1. The van der Waals surface area contributed by atoms with E-state index in [-0.39, 0.29) is 29.6 Å². The molecule has 0 aromatic heterocycles. The number of nitro benzene ring substituents is 1. The minimum Gasteiger partial charge on any atom is -0.489 e. The molecule has 166 valence electrons. The third kappa shape index (κ3) is 5.27. The van der Waals surface area contributed by atoms with Crippen molar-refractivity contribution in [3.63, 3.8) is 0 Å². The molecule has 0 atom stereocenters. The first-order chi connectivity index (χ1) is 15.9. The fourth-order valence-corrected chi connectivity index (χ4v) is 4.05. The maximum Gasteiger partial charge on any atom is 0.293 e. The Morgan fingerprint density at radius 3 is 2.61 bits per heavy atom. The van der Waals surface area contributed by atoms with Crippen molar-refractivity contribution >= 4 is 34.7 Å². The van der Waals surface area contributed by atoms with Crippen LogP contribution >= 0.6 is 11.8 Å². The number of ether oxygens (including phenoxy) is 1. The van der Waals surface area contributed by atoms with Crippen LogP contribution in [0.15, 0.2) is 77.7 Å². The number of thioether (sulfide) groups is 1. The largest absolute Gasteiger partial charge is 0.489 e. The Labute approximate surface area is 192 Å². The van der Waals surface area contributed by atoms with Crippen LogP contribution in [0.2, 0.25) is 0 Å². The molecular weight excluding hydrogens is 447 g/mol. The molecule has 1 heterocycles. The minimum absolute atomic E-state index is 0.0514. The zero-order valence-corrected chi connectivity index (χ0v) is 18.0. The van der Waals surface area contributed by atoms with Gasteiger partial charge in [-0.15, -0.1) is 0 Å². The number of benzene rings is 3. The summed E-state index contributed by atoms with van der Waals surface area (Å²) in [4.78, 5) is 36.9. The van der Waals surface area contributed by atoms with Gasteiger partial charge in [-0.3, -0.25) is 24.6 Å². The standard InChI is InChI=1S/C24H17FN2O5S/c25-21-10-2-1-7-18(21)15-32-20-9-4-5-16(12-20)13-22-23(28)26(24(29)33-22)14-17-6-3-8-19(11-17)27(30)31/h1-13H,14-15H2/b22-13+. The first-order valence-corrected chi connectivity index (χ1v) is 10.7. The second-order valence-electron chi connectivity index (χ2n) is 7.15. The predicted molar refractivity (Wildman–Crippen MR) is 122 cm³/mol.